The van der Waals surface area contributed by atoms with Crippen molar-refractivity contribution in [2.24, 2.45) is 0 Å². The van der Waals surface area contributed by atoms with E-state index in [4.69, 9.17) is 0 Å². The number of likely N-dealkylation sites (tertiary alicyclic amines) is 1. The highest BCUT2D eigenvalue weighted by atomic mass is 32.2. The van der Waals surface area contributed by atoms with Gasteiger partial charge in [-0.05, 0) is 50.1 Å². The van der Waals surface area contributed by atoms with Crippen LogP contribution in [0.5, 0.6) is 0 Å². The van der Waals surface area contributed by atoms with E-state index in [1.54, 1.807) is 36.1 Å². The molecule has 0 saturated carbocycles. The van der Waals surface area contributed by atoms with Gasteiger partial charge in [0.2, 0.25) is 10.0 Å². The fourth-order valence-electron chi connectivity index (χ4n) is 4.02. The Labute approximate surface area is 203 Å². The summed E-state index contributed by atoms with van der Waals surface area (Å²) in [5.41, 5.74) is 0.988. The minimum absolute atomic E-state index is 0.0992. The summed E-state index contributed by atoms with van der Waals surface area (Å²) in [6.45, 7) is 2.58. The number of carbonyl (C=O) groups is 2. The summed E-state index contributed by atoms with van der Waals surface area (Å²) in [7, 11) is -3.31. The SMILES string of the molecule is CC1(F)CCN(C(=O)c2cnc3c(ccn3-c3cccc(C(=O)NCCNS(C)(=O)=O)c3)c2)CC1. The maximum absolute atomic E-state index is 14.1. The lowest BCUT2D eigenvalue weighted by molar-refractivity contribution is 0.0503. The lowest BCUT2D eigenvalue weighted by Gasteiger charge is -2.34. The van der Waals surface area contributed by atoms with Gasteiger partial charge in [0.1, 0.15) is 11.3 Å². The van der Waals surface area contributed by atoms with Crippen molar-refractivity contribution in [3.05, 3.63) is 59.9 Å². The third-order valence-electron chi connectivity index (χ3n) is 6.03. The van der Waals surface area contributed by atoms with E-state index in [2.05, 4.69) is 15.0 Å². The monoisotopic (exact) mass is 501 g/mol. The molecule has 0 spiro atoms. The Bertz CT molecular complexity index is 1360. The molecule has 1 aromatic carbocycles. The number of piperidine rings is 1. The lowest BCUT2D eigenvalue weighted by Crippen LogP contribution is -2.43. The number of amides is 2. The number of hydrogen-bond donors (Lipinski definition) is 2. The fourth-order valence-corrected chi connectivity index (χ4v) is 4.49. The van der Waals surface area contributed by atoms with Gasteiger partial charge in [0.25, 0.3) is 11.8 Å². The molecule has 1 saturated heterocycles. The molecule has 2 N–H and O–H groups in total. The third kappa shape index (κ3) is 6.04. The molecule has 9 nitrogen and oxygen atoms in total. The van der Waals surface area contributed by atoms with Gasteiger partial charge in [-0.3, -0.25) is 9.59 Å². The number of hydrogen-bond acceptors (Lipinski definition) is 5. The fraction of sp³-hybridized carbons (Fsp3) is 0.375. The van der Waals surface area contributed by atoms with Crippen molar-refractivity contribution in [2.75, 3.05) is 32.4 Å². The molecule has 0 bridgehead atoms. The maximum atomic E-state index is 14.1. The number of fused-ring (bicyclic) bond motifs is 1. The predicted molar refractivity (Wildman–Crippen MR) is 131 cm³/mol. The van der Waals surface area contributed by atoms with E-state index in [0.717, 1.165) is 11.6 Å². The first-order valence-electron chi connectivity index (χ1n) is 11.3. The van der Waals surface area contributed by atoms with Crippen molar-refractivity contribution in [1.29, 1.82) is 0 Å². The number of sulfonamides is 1. The van der Waals surface area contributed by atoms with Crippen LogP contribution in [0.15, 0.2) is 48.8 Å². The van der Waals surface area contributed by atoms with Crippen LogP contribution in [0.25, 0.3) is 16.7 Å². The quantitative estimate of drug-likeness (QED) is 0.482. The van der Waals surface area contributed by atoms with Gasteiger partial charge in [0, 0.05) is 55.2 Å². The minimum atomic E-state index is -3.31. The van der Waals surface area contributed by atoms with E-state index in [1.165, 1.54) is 6.20 Å². The number of carbonyl (C=O) groups excluding carboxylic acids is 2. The van der Waals surface area contributed by atoms with Gasteiger partial charge < -0.3 is 14.8 Å². The molecular weight excluding hydrogens is 473 g/mol. The molecule has 3 aromatic rings. The Morgan fingerprint density at radius 2 is 1.86 bits per heavy atom. The molecule has 0 atom stereocenters. The zero-order valence-electron chi connectivity index (χ0n) is 19.6. The van der Waals surface area contributed by atoms with Gasteiger partial charge in [-0.15, -0.1) is 0 Å². The van der Waals surface area contributed by atoms with Gasteiger partial charge >= 0.3 is 0 Å². The highest BCUT2D eigenvalue weighted by molar-refractivity contribution is 7.88. The van der Waals surface area contributed by atoms with Crippen LogP contribution < -0.4 is 10.0 Å². The number of benzene rings is 1. The van der Waals surface area contributed by atoms with Crippen LogP contribution in [0.2, 0.25) is 0 Å². The van der Waals surface area contributed by atoms with E-state index in [-0.39, 0.29) is 24.9 Å². The summed E-state index contributed by atoms with van der Waals surface area (Å²) in [5, 5.41) is 3.45. The highest BCUT2D eigenvalue weighted by Crippen LogP contribution is 2.27. The van der Waals surface area contributed by atoms with E-state index in [0.29, 0.717) is 48.4 Å². The smallest absolute Gasteiger partial charge is 0.255 e. The first-order chi connectivity index (χ1) is 16.5. The number of aromatic nitrogens is 2. The molecule has 1 aliphatic rings. The Balaban J connectivity index is 1.48. The standard InChI is InChI=1S/C24H28FN5O4S/c1-24(25)7-12-29(13-8-24)23(32)19-14-17-6-11-30(21(17)27-16-19)20-5-3-4-18(15-20)22(31)26-9-10-28-35(2,33)34/h3-6,11,14-16,28H,7-10,12-13H2,1-2H3,(H,26,31). The van der Waals surface area contributed by atoms with Crippen molar-refractivity contribution < 1.29 is 22.4 Å². The van der Waals surface area contributed by atoms with Crippen molar-refractivity contribution >= 4 is 32.9 Å². The molecule has 1 fully saturated rings. The number of rotatable bonds is 7. The van der Waals surface area contributed by atoms with Crippen molar-refractivity contribution in [2.45, 2.75) is 25.4 Å². The zero-order chi connectivity index (χ0) is 25.2. The number of pyridine rings is 1. The summed E-state index contributed by atoms with van der Waals surface area (Å²) in [5.74, 6) is -0.489. The molecule has 1 aliphatic heterocycles. The molecule has 35 heavy (non-hydrogen) atoms. The van der Waals surface area contributed by atoms with Crippen molar-refractivity contribution in [3.8, 4) is 5.69 Å². The molecule has 2 aromatic heterocycles. The van der Waals surface area contributed by atoms with E-state index in [1.807, 2.05) is 22.9 Å². The van der Waals surface area contributed by atoms with Crippen LogP contribution in [0, 0.1) is 0 Å². The van der Waals surface area contributed by atoms with Crippen LogP contribution in [0.1, 0.15) is 40.5 Å². The molecule has 0 unspecified atom stereocenters. The Morgan fingerprint density at radius 1 is 1.11 bits per heavy atom. The summed E-state index contributed by atoms with van der Waals surface area (Å²) < 4.78 is 40.5. The van der Waals surface area contributed by atoms with Gasteiger partial charge in [-0.25, -0.2) is 22.5 Å². The average molecular weight is 502 g/mol. The second-order valence-corrected chi connectivity index (χ2v) is 10.8. The Kier molecular flexibility index (Phi) is 6.91. The largest absolute Gasteiger partial charge is 0.351 e. The second kappa shape index (κ2) is 9.74. The second-order valence-electron chi connectivity index (χ2n) is 9.00. The van der Waals surface area contributed by atoms with Crippen molar-refractivity contribution in [1.82, 2.24) is 24.5 Å². The van der Waals surface area contributed by atoms with Gasteiger partial charge in [-0.2, -0.15) is 0 Å². The molecule has 186 valence electrons. The molecule has 0 aliphatic carbocycles. The number of halogens is 1. The van der Waals surface area contributed by atoms with Crippen molar-refractivity contribution in [3.63, 3.8) is 0 Å². The summed E-state index contributed by atoms with van der Waals surface area (Å²) in [6.07, 6.45) is 5.04. The number of nitrogens with zero attached hydrogens (tertiary/aromatic N) is 3. The lowest BCUT2D eigenvalue weighted by atomic mass is 9.95. The van der Waals surface area contributed by atoms with Gasteiger partial charge in [-0.1, -0.05) is 6.07 Å². The molecule has 4 rings (SSSR count). The van der Waals surface area contributed by atoms with E-state index >= 15 is 0 Å². The van der Waals surface area contributed by atoms with E-state index < -0.39 is 15.7 Å². The summed E-state index contributed by atoms with van der Waals surface area (Å²) in [4.78, 5) is 31.5. The predicted octanol–water partition coefficient (Wildman–Crippen LogP) is 2.27. The zero-order valence-corrected chi connectivity index (χ0v) is 20.4. The number of alkyl halides is 1. The molecule has 3 heterocycles. The number of nitrogens with one attached hydrogen (secondary N) is 2. The van der Waals surface area contributed by atoms with Crippen LogP contribution in [0.4, 0.5) is 4.39 Å². The van der Waals surface area contributed by atoms with Crippen LogP contribution in [-0.2, 0) is 10.0 Å². The summed E-state index contributed by atoms with van der Waals surface area (Å²) in [6, 6.07) is 10.6. The summed E-state index contributed by atoms with van der Waals surface area (Å²) >= 11 is 0. The maximum Gasteiger partial charge on any atom is 0.255 e. The first-order valence-corrected chi connectivity index (χ1v) is 13.2. The van der Waals surface area contributed by atoms with Crippen LogP contribution in [0.3, 0.4) is 0 Å². The molecule has 11 heteroatoms. The average Bonchev–Trinajstić information content (AvgIpc) is 3.24. The third-order valence-corrected chi connectivity index (χ3v) is 6.76. The topological polar surface area (TPSA) is 113 Å². The highest BCUT2D eigenvalue weighted by Gasteiger charge is 2.32. The molecular formula is C24H28FN5O4S. The Morgan fingerprint density at radius 3 is 2.57 bits per heavy atom. The van der Waals surface area contributed by atoms with Crippen LogP contribution in [-0.4, -0.2) is 72.8 Å². The first kappa shape index (κ1) is 24.8. The minimum Gasteiger partial charge on any atom is -0.351 e. The molecule has 2 amide bonds. The molecule has 0 radical (unpaired) electrons. The van der Waals surface area contributed by atoms with E-state index in [9.17, 15) is 22.4 Å². The van der Waals surface area contributed by atoms with Gasteiger partial charge in [0.05, 0.1) is 11.8 Å². The Hall–Kier alpha value is -3.31. The normalized spacial score (nSPS) is 15.8. The van der Waals surface area contributed by atoms with Crippen LogP contribution >= 0.6 is 0 Å². The van der Waals surface area contributed by atoms with Gasteiger partial charge in [0.15, 0.2) is 0 Å².